The maximum Gasteiger partial charge on any atom is 0.307 e. The second-order valence-corrected chi connectivity index (χ2v) is 8.78. The smallest absolute Gasteiger partial charge is 0.307 e. The summed E-state index contributed by atoms with van der Waals surface area (Å²) in [6.45, 7) is 2.74. The third-order valence-electron chi connectivity index (χ3n) is 6.61. The van der Waals surface area contributed by atoms with Crippen LogP contribution in [-0.2, 0) is 17.8 Å². The van der Waals surface area contributed by atoms with Gasteiger partial charge in [-0.2, -0.15) is 0 Å². The van der Waals surface area contributed by atoms with Crippen LogP contribution in [0.3, 0.4) is 0 Å². The van der Waals surface area contributed by atoms with E-state index in [9.17, 15) is 9.90 Å². The molecule has 0 aliphatic heterocycles. The summed E-state index contributed by atoms with van der Waals surface area (Å²) in [4.78, 5) is 17.1. The molecule has 1 saturated carbocycles. The van der Waals surface area contributed by atoms with Crippen molar-refractivity contribution >= 4 is 17.6 Å². The summed E-state index contributed by atoms with van der Waals surface area (Å²) >= 11 is 6.08. The van der Waals surface area contributed by atoms with Gasteiger partial charge in [0.15, 0.2) is 0 Å². The van der Waals surface area contributed by atoms with Crippen LogP contribution in [0.1, 0.15) is 86.5 Å². The number of aryl methyl sites for hydroxylation is 1. The molecule has 1 aromatic heterocycles. The maximum absolute atomic E-state index is 12.0. The number of rotatable bonds is 6. The Labute approximate surface area is 171 Å². The van der Waals surface area contributed by atoms with Gasteiger partial charge in [0.05, 0.1) is 11.6 Å². The van der Waals surface area contributed by atoms with E-state index in [4.69, 9.17) is 16.6 Å². The predicted octanol–water partition coefficient (Wildman–Crippen LogP) is 5.77. The number of hydrogen-bond donors (Lipinski definition) is 1. The number of nitrogens with zero attached hydrogens (tertiary/aromatic N) is 2. The first-order chi connectivity index (χ1) is 13.6. The number of carboxylic acids is 1. The quantitative estimate of drug-likeness (QED) is 0.669. The standard InChI is InChI=1S/C23H29ClN2O2/c1-2-18(23(27)28)19-8-5-9-20-21(19)26(14-15-10-12-17(24)13-11-15)22(25-20)16-6-3-4-7-16/h10-13,16,18-19H,2-9,14H2,1H3,(H,27,28). The predicted molar refractivity (Wildman–Crippen MR) is 111 cm³/mol. The van der Waals surface area contributed by atoms with Crippen molar-refractivity contribution in [2.24, 2.45) is 5.92 Å². The second kappa shape index (κ2) is 8.28. The Morgan fingerprint density at radius 3 is 2.57 bits per heavy atom. The van der Waals surface area contributed by atoms with Crippen LogP contribution in [0.4, 0.5) is 0 Å². The molecule has 0 bridgehead atoms. The maximum atomic E-state index is 12.0. The third-order valence-corrected chi connectivity index (χ3v) is 6.86. The molecule has 1 aromatic carbocycles. The van der Waals surface area contributed by atoms with Crippen molar-refractivity contribution in [3.8, 4) is 0 Å². The summed E-state index contributed by atoms with van der Waals surface area (Å²) in [5.41, 5.74) is 3.53. The molecule has 4 rings (SSSR count). The molecule has 0 saturated heterocycles. The summed E-state index contributed by atoms with van der Waals surface area (Å²) in [6.07, 6.45) is 8.50. The zero-order chi connectivity index (χ0) is 19.7. The number of carboxylic acid groups (broad SMARTS) is 1. The summed E-state index contributed by atoms with van der Waals surface area (Å²) in [7, 11) is 0. The Bertz CT molecular complexity index is 837. The first-order valence-electron chi connectivity index (χ1n) is 10.6. The van der Waals surface area contributed by atoms with E-state index in [0.717, 1.165) is 36.5 Å². The number of carbonyl (C=O) groups is 1. The van der Waals surface area contributed by atoms with Crippen molar-refractivity contribution in [1.82, 2.24) is 9.55 Å². The van der Waals surface area contributed by atoms with Crippen LogP contribution < -0.4 is 0 Å². The first kappa shape index (κ1) is 19.5. The van der Waals surface area contributed by atoms with Gasteiger partial charge in [0, 0.05) is 29.1 Å². The van der Waals surface area contributed by atoms with E-state index >= 15 is 0 Å². The van der Waals surface area contributed by atoms with Gasteiger partial charge in [-0.3, -0.25) is 4.79 Å². The minimum absolute atomic E-state index is 0.0567. The molecule has 0 radical (unpaired) electrons. The number of hydrogen-bond acceptors (Lipinski definition) is 2. The van der Waals surface area contributed by atoms with Gasteiger partial charge in [0.2, 0.25) is 0 Å². The second-order valence-electron chi connectivity index (χ2n) is 8.35. The van der Waals surface area contributed by atoms with Gasteiger partial charge in [-0.1, -0.05) is 43.5 Å². The van der Waals surface area contributed by atoms with Crippen molar-refractivity contribution in [3.05, 3.63) is 52.1 Å². The van der Waals surface area contributed by atoms with Gasteiger partial charge in [0.25, 0.3) is 0 Å². The highest BCUT2D eigenvalue weighted by Gasteiger charge is 2.37. The SMILES string of the molecule is CCC(C(=O)O)C1CCCc2nc(C3CCCC3)n(Cc3ccc(Cl)cc3)c21. The monoisotopic (exact) mass is 400 g/mol. The van der Waals surface area contributed by atoms with Crippen LogP contribution in [0.25, 0.3) is 0 Å². The minimum atomic E-state index is -0.679. The molecule has 2 aromatic rings. The average molecular weight is 401 g/mol. The van der Waals surface area contributed by atoms with Gasteiger partial charge in [-0.15, -0.1) is 0 Å². The van der Waals surface area contributed by atoms with Crippen LogP contribution in [0.5, 0.6) is 0 Å². The van der Waals surface area contributed by atoms with Gasteiger partial charge in [-0.25, -0.2) is 4.98 Å². The largest absolute Gasteiger partial charge is 0.481 e. The van der Waals surface area contributed by atoms with Crippen LogP contribution in [0.15, 0.2) is 24.3 Å². The summed E-state index contributed by atoms with van der Waals surface area (Å²) < 4.78 is 2.38. The first-order valence-corrected chi connectivity index (χ1v) is 11.0. The molecule has 2 aliphatic carbocycles. The molecular formula is C23H29ClN2O2. The molecule has 0 spiro atoms. The van der Waals surface area contributed by atoms with Gasteiger partial charge >= 0.3 is 5.97 Å². The molecule has 150 valence electrons. The van der Waals surface area contributed by atoms with E-state index < -0.39 is 5.97 Å². The minimum Gasteiger partial charge on any atom is -0.481 e. The van der Waals surface area contributed by atoms with E-state index in [1.807, 2.05) is 19.1 Å². The molecule has 5 heteroatoms. The lowest BCUT2D eigenvalue weighted by Gasteiger charge is -2.29. The van der Waals surface area contributed by atoms with Crippen molar-refractivity contribution in [2.45, 2.75) is 76.7 Å². The van der Waals surface area contributed by atoms with E-state index in [-0.39, 0.29) is 11.8 Å². The molecule has 2 unspecified atom stereocenters. The van der Waals surface area contributed by atoms with E-state index in [1.165, 1.54) is 42.8 Å². The van der Waals surface area contributed by atoms with E-state index in [2.05, 4.69) is 16.7 Å². The lowest BCUT2D eigenvalue weighted by Crippen LogP contribution is -2.27. The number of fused-ring (bicyclic) bond motifs is 1. The number of aliphatic carboxylic acids is 1. The molecule has 28 heavy (non-hydrogen) atoms. The van der Waals surface area contributed by atoms with E-state index in [0.29, 0.717) is 12.3 Å². The number of aromatic nitrogens is 2. The highest BCUT2D eigenvalue weighted by molar-refractivity contribution is 6.30. The number of benzene rings is 1. The van der Waals surface area contributed by atoms with Crippen LogP contribution in [-0.4, -0.2) is 20.6 Å². The van der Waals surface area contributed by atoms with E-state index in [1.54, 1.807) is 0 Å². The highest BCUT2D eigenvalue weighted by Crippen LogP contribution is 2.42. The number of halogens is 1. The molecule has 1 N–H and O–H groups in total. The van der Waals surface area contributed by atoms with Crippen molar-refractivity contribution in [2.75, 3.05) is 0 Å². The molecule has 1 heterocycles. The molecule has 2 atom stereocenters. The Balaban J connectivity index is 1.79. The number of imidazole rings is 1. The zero-order valence-electron chi connectivity index (χ0n) is 16.5. The van der Waals surface area contributed by atoms with Gasteiger partial charge in [-0.05, 0) is 56.2 Å². The lowest BCUT2D eigenvalue weighted by molar-refractivity contribution is -0.142. The van der Waals surface area contributed by atoms with Gasteiger partial charge < -0.3 is 9.67 Å². The van der Waals surface area contributed by atoms with Crippen molar-refractivity contribution < 1.29 is 9.90 Å². The Kier molecular flexibility index (Phi) is 5.77. The molecule has 2 aliphatic rings. The Morgan fingerprint density at radius 2 is 1.93 bits per heavy atom. The van der Waals surface area contributed by atoms with Crippen molar-refractivity contribution in [1.29, 1.82) is 0 Å². The fourth-order valence-corrected chi connectivity index (χ4v) is 5.34. The zero-order valence-corrected chi connectivity index (χ0v) is 17.3. The molecular weight excluding hydrogens is 372 g/mol. The summed E-state index contributed by atoms with van der Waals surface area (Å²) in [5, 5.41) is 10.6. The van der Waals surface area contributed by atoms with Crippen LogP contribution in [0, 0.1) is 5.92 Å². The molecule has 4 nitrogen and oxygen atoms in total. The van der Waals surface area contributed by atoms with Crippen molar-refractivity contribution in [3.63, 3.8) is 0 Å². The lowest BCUT2D eigenvalue weighted by atomic mass is 9.79. The summed E-state index contributed by atoms with van der Waals surface area (Å²) in [5.74, 6) is 0.729. The van der Waals surface area contributed by atoms with Crippen LogP contribution in [0.2, 0.25) is 5.02 Å². The van der Waals surface area contributed by atoms with Crippen LogP contribution >= 0.6 is 11.6 Å². The molecule has 1 fully saturated rings. The fraction of sp³-hybridized carbons (Fsp3) is 0.565. The Hall–Kier alpha value is -1.81. The average Bonchev–Trinajstić information content (AvgIpc) is 3.32. The Morgan fingerprint density at radius 1 is 1.21 bits per heavy atom. The third kappa shape index (κ3) is 3.71. The molecule has 0 amide bonds. The summed E-state index contributed by atoms with van der Waals surface area (Å²) in [6, 6.07) is 8.00. The van der Waals surface area contributed by atoms with Gasteiger partial charge in [0.1, 0.15) is 5.82 Å². The fourth-order valence-electron chi connectivity index (χ4n) is 5.22. The normalized spacial score (nSPS) is 20.9. The topological polar surface area (TPSA) is 55.1 Å². The highest BCUT2D eigenvalue weighted by atomic mass is 35.5.